The van der Waals surface area contributed by atoms with E-state index in [1.54, 1.807) is 12.3 Å². The van der Waals surface area contributed by atoms with E-state index in [4.69, 9.17) is 23.8 Å². The Kier molecular flexibility index (Phi) is 5.41. The number of rotatable bonds is 4. The van der Waals surface area contributed by atoms with Gasteiger partial charge in [0, 0.05) is 33.9 Å². The Morgan fingerprint density at radius 1 is 1.24 bits per heavy atom. The number of pyridine rings is 1. The van der Waals surface area contributed by atoms with Crippen molar-refractivity contribution >= 4 is 40.3 Å². The zero-order chi connectivity index (χ0) is 17.8. The lowest BCUT2D eigenvalue weighted by Gasteiger charge is -2.12. The Balaban J connectivity index is 1.66. The van der Waals surface area contributed by atoms with Gasteiger partial charge in [-0.15, -0.1) is 0 Å². The molecule has 1 amide bonds. The Labute approximate surface area is 157 Å². The summed E-state index contributed by atoms with van der Waals surface area (Å²) in [5.41, 5.74) is 4.72. The van der Waals surface area contributed by atoms with Gasteiger partial charge < -0.3 is 5.32 Å². The van der Waals surface area contributed by atoms with Crippen molar-refractivity contribution in [2.45, 2.75) is 19.8 Å². The van der Waals surface area contributed by atoms with Gasteiger partial charge in [-0.2, -0.15) is 0 Å². The molecule has 126 valence electrons. The van der Waals surface area contributed by atoms with Crippen LogP contribution in [-0.4, -0.2) is 15.8 Å². The van der Waals surface area contributed by atoms with E-state index in [2.05, 4.69) is 10.3 Å². The number of carbonyl (C=O) groups is 1. The number of anilines is 1. The van der Waals surface area contributed by atoms with Crippen molar-refractivity contribution in [1.29, 1.82) is 0 Å². The number of amides is 1. The van der Waals surface area contributed by atoms with Crippen LogP contribution in [0.25, 0.3) is 11.1 Å². The molecule has 25 heavy (non-hydrogen) atoms. The Morgan fingerprint density at radius 2 is 2.00 bits per heavy atom. The minimum absolute atomic E-state index is 0.104. The van der Waals surface area contributed by atoms with Crippen LogP contribution in [0.5, 0.6) is 0 Å². The molecule has 0 spiro atoms. The first kappa shape index (κ1) is 17.5. The molecule has 1 aromatic heterocycles. The lowest BCUT2D eigenvalue weighted by atomic mass is 10.0. The molecule has 1 aliphatic carbocycles. The average molecular weight is 369 g/mol. The molecule has 0 saturated carbocycles. The van der Waals surface area contributed by atoms with Crippen LogP contribution in [-0.2, 0) is 4.79 Å². The summed E-state index contributed by atoms with van der Waals surface area (Å²) in [6.07, 6.45) is 6.26. The highest BCUT2D eigenvalue weighted by atomic mass is 35.5. The molecule has 0 aliphatic heterocycles. The van der Waals surface area contributed by atoms with Gasteiger partial charge in [-0.3, -0.25) is 9.78 Å². The zero-order valence-corrected chi connectivity index (χ0v) is 15.3. The third-order valence-corrected chi connectivity index (χ3v) is 4.59. The Morgan fingerprint density at radius 3 is 2.72 bits per heavy atom. The summed E-state index contributed by atoms with van der Waals surface area (Å²) in [7, 11) is 0. The summed E-state index contributed by atoms with van der Waals surface area (Å²) >= 11 is 11.3. The van der Waals surface area contributed by atoms with E-state index in [0.717, 1.165) is 32.9 Å². The second-order valence-electron chi connectivity index (χ2n) is 5.87. The van der Waals surface area contributed by atoms with Crippen LogP contribution in [0.15, 0.2) is 65.4 Å². The minimum Gasteiger partial charge on any atom is -0.326 e. The predicted octanol–water partition coefficient (Wildman–Crippen LogP) is 5.21. The van der Waals surface area contributed by atoms with Crippen molar-refractivity contribution in [3.63, 3.8) is 0 Å². The lowest BCUT2D eigenvalue weighted by Crippen LogP contribution is -2.15. The van der Waals surface area contributed by atoms with Crippen LogP contribution < -0.4 is 5.32 Å². The van der Waals surface area contributed by atoms with Gasteiger partial charge in [0.1, 0.15) is 0 Å². The molecular weight excluding hydrogens is 352 g/mol. The van der Waals surface area contributed by atoms with E-state index >= 15 is 0 Å². The predicted molar refractivity (Wildman–Crippen MR) is 107 cm³/mol. The van der Waals surface area contributed by atoms with E-state index in [1.165, 1.54) is 0 Å². The summed E-state index contributed by atoms with van der Waals surface area (Å²) in [5.74, 6) is -0.104. The molecular formula is C20H17ClN2OS. The number of allylic oxidation sites excluding steroid dienone is 3. The van der Waals surface area contributed by atoms with Crippen molar-refractivity contribution in [3.05, 3.63) is 71.0 Å². The van der Waals surface area contributed by atoms with Crippen LogP contribution in [0.4, 0.5) is 5.69 Å². The molecule has 0 fully saturated rings. The number of aryl methyl sites for hydroxylation is 1. The summed E-state index contributed by atoms with van der Waals surface area (Å²) in [4.78, 5) is 17.2. The molecule has 1 N–H and O–H groups in total. The van der Waals surface area contributed by atoms with Crippen LogP contribution in [0.2, 0.25) is 0 Å². The normalized spacial score (nSPS) is 13.9. The number of benzene rings is 1. The molecule has 1 heterocycles. The zero-order valence-electron chi connectivity index (χ0n) is 13.8. The third kappa shape index (κ3) is 4.62. The average Bonchev–Trinajstić information content (AvgIpc) is 2.59. The molecule has 1 aromatic carbocycles. The van der Waals surface area contributed by atoms with Gasteiger partial charge in [0.15, 0.2) is 0 Å². The second-order valence-corrected chi connectivity index (χ2v) is 6.80. The number of hydrogen-bond donors (Lipinski definition) is 1. The monoisotopic (exact) mass is 368 g/mol. The van der Waals surface area contributed by atoms with Gasteiger partial charge in [-0.1, -0.05) is 42.0 Å². The number of thiocarbonyl (C=S) groups is 1. The van der Waals surface area contributed by atoms with E-state index < -0.39 is 0 Å². The number of nitrogens with one attached hydrogen (secondary N) is 1. The Hall–Kier alpha value is -2.30. The maximum atomic E-state index is 12.3. The first-order chi connectivity index (χ1) is 12.0. The molecule has 3 rings (SSSR count). The maximum Gasteiger partial charge on any atom is 0.228 e. The van der Waals surface area contributed by atoms with Gasteiger partial charge in [0.2, 0.25) is 5.91 Å². The lowest BCUT2D eigenvalue weighted by molar-refractivity contribution is -0.115. The van der Waals surface area contributed by atoms with Gasteiger partial charge in [0.05, 0.1) is 6.42 Å². The van der Waals surface area contributed by atoms with Crippen molar-refractivity contribution < 1.29 is 4.79 Å². The van der Waals surface area contributed by atoms with Crippen molar-refractivity contribution in [2.75, 3.05) is 5.32 Å². The summed E-state index contributed by atoms with van der Waals surface area (Å²) in [6, 6.07) is 11.7. The smallest absolute Gasteiger partial charge is 0.228 e. The number of aromatic nitrogens is 1. The fourth-order valence-corrected chi connectivity index (χ4v) is 3.05. The van der Waals surface area contributed by atoms with E-state index in [0.29, 0.717) is 11.5 Å². The van der Waals surface area contributed by atoms with Crippen LogP contribution in [0, 0.1) is 6.92 Å². The fraction of sp³-hybridized carbons (Fsp3) is 0.150. The van der Waals surface area contributed by atoms with Crippen LogP contribution in [0.3, 0.4) is 0 Å². The summed E-state index contributed by atoms with van der Waals surface area (Å²) < 4.78 is 0. The molecule has 3 nitrogen and oxygen atoms in total. The summed E-state index contributed by atoms with van der Waals surface area (Å²) in [5, 5.41) is 3.53. The van der Waals surface area contributed by atoms with Crippen LogP contribution in [0.1, 0.15) is 18.5 Å². The number of nitrogens with zero attached hydrogens (tertiary/aromatic N) is 1. The standard InChI is InChI=1S/C20H17ClN2OS/c1-13-10-15(8-9-22-13)14-2-5-18(6-3-14)23-20(24)12-16-11-17(21)4-7-19(16)25/h2-6,8-11H,7,12H2,1H3,(H,23,24). The first-order valence-electron chi connectivity index (χ1n) is 7.93. The molecule has 5 heteroatoms. The SMILES string of the molecule is Cc1cc(-c2ccc(NC(=O)CC3=CC(Cl)=CCC3=S)cc2)ccn1. The quantitative estimate of drug-likeness (QED) is 0.753. The maximum absolute atomic E-state index is 12.3. The Bertz CT molecular complexity index is 885. The highest BCUT2D eigenvalue weighted by molar-refractivity contribution is 7.80. The first-order valence-corrected chi connectivity index (χ1v) is 8.72. The van der Waals surface area contributed by atoms with Gasteiger partial charge in [0.25, 0.3) is 0 Å². The van der Waals surface area contributed by atoms with Crippen molar-refractivity contribution in [1.82, 2.24) is 4.98 Å². The molecule has 2 aromatic rings. The van der Waals surface area contributed by atoms with Crippen molar-refractivity contribution in [3.8, 4) is 11.1 Å². The summed E-state index contributed by atoms with van der Waals surface area (Å²) in [6.45, 7) is 1.96. The van der Waals surface area contributed by atoms with Crippen LogP contribution >= 0.6 is 23.8 Å². The molecule has 0 unspecified atom stereocenters. The second kappa shape index (κ2) is 7.72. The molecule has 1 aliphatic rings. The highest BCUT2D eigenvalue weighted by Gasteiger charge is 2.14. The minimum atomic E-state index is -0.104. The van der Waals surface area contributed by atoms with E-state index in [1.807, 2.05) is 49.4 Å². The largest absolute Gasteiger partial charge is 0.326 e. The molecule has 0 radical (unpaired) electrons. The molecule has 0 bridgehead atoms. The fourth-order valence-electron chi connectivity index (χ4n) is 2.63. The van der Waals surface area contributed by atoms with Gasteiger partial charge in [-0.05, 0) is 54.0 Å². The molecule has 0 saturated heterocycles. The topological polar surface area (TPSA) is 42.0 Å². The van der Waals surface area contributed by atoms with E-state index in [9.17, 15) is 4.79 Å². The number of carbonyl (C=O) groups excluding carboxylic acids is 1. The van der Waals surface area contributed by atoms with Crippen molar-refractivity contribution in [2.24, 2.45) is 0 Å². The van der Waals surface area contributed by atoms with Gasteiger partial charge >= 0.3 is 0 Å². The van der Waals surface area contributed by atoms with E-state index in [-0.39, 0.29) is 12.3 Å². The van der Waals surface area contributed by atoms with Gasteiger partial charge in [-0.25, -0.2) is 0 Å². The third-order valence-electron chi connectivity index (χ3n) is 3.90. The number of hydrogen-bond acceptors (Lipinski definition) is 3. The number of halogens is 1. The molecule has 0 atom stereocenters. The highest BCUT2D eigenvalue weighted by Crippen LogP contribution is 2.23.